The van der Waals surface area contributed by atoms with Gasteiger partial charge in [-0.1, -0.05) is 15.9 Å². The second kappa shape index (κ2) is 6.36. The summed E-state index contributed by atoms with van der Waals surface area (Å²) in [5.41, 5.74) is 1.27. The number of nitrogens with zero attached hydrogens (tertiary/aromatic N) is 1. The molecule has 1 N–H and O–H groups in total. The zero-order valence-electron chi connectivity index (χ0n) is 11.5. The molecule has 7 heteroatoms. The lowest BCUT2D eigenvalue weighted by Crippen LogP contribution is -2.37. The van der Waals surface area contributed by atoms with Crippen LogP contribution in [0.25, 0.3) is 0 Å². The summed E-state index contributed by atoms with van der Waals surface area (Å²) in [5.74, 6) is 1.85. The van der Waals surface area contributed by atoms with Crippen LogP contribution in [0.3, 0.4) is 0 Å². The lowest BCUT2D eigenvalue weighted by molar-refractivity contribution is 0.281. The van der Waals surface area contributed by atoms with Crippen molar-refractivity contribution >= 4 is 37.7 Å². The van der Waals surface area contributed by atoms with Crippen LogP contribution >= 0.6 is 27.7 Å². The van der Waals surface area contributed by atoms with Crippen molar-refractivity contribution in [3.05, 3.63) is 27.7 Å². The number of rotatable bonds is 4. The molecule has 20 heavy (non-hydrogen) atoms. The first-order valence-corrected chi connectivity index (χ1v) is 9.72. The van der Waals surface area contributed by atoms with Crippen LogP contribution in [-0.4, -0.2) is 42.4 Å². The van der Waals surface area contributed by atoms with E-state index in [1.165, 1.54) is 4.31 Å². The molecule has 0 bridgehead atoms. The fraction of sp³-hybridized carbons (Fsp3) is 0.538. The topological polar surface area (TPSA) is 57.6 Å². The summed E-state index contributed by atoms with van der Waals surface area (Å²) in [6, 6.07) is 3.37. The van der Waals surface area contributed by atoms with E-state index in [-0.39, 0.29) is 17.5 Å². The Labute approximate surface area is 132 Å². The van der Waals surface area contributed by atoms with E-state index in [0.717, 1.165) is 17.9 Å². The third-order valence-electron chi connectivity index (χ3n) is 3.62. The summed E-state index contributed by atoms with van der Waals surface area (Å²) in [7, 11) is -1.89. The van der Waals surface area contributed by atoms with Gasteiger partial charge in [0.05, 0.1) is 11.5 Å². The maximum Gasteiger partial charge on any atom is 0.243 e. The smallest absolute Gasteiger partial charge is 0.243 e. The van der Waals surface area contributed by atoms with E-state index in [1.54, 1.807) is 37.9 Å². The van der Waals surface area contributed by atoms with E-state index in [0.29, 0.717) is 15.6 Å². The Kier molecular flexibility index (Phi) is 5.18. The van der Waals surface area contributed by atoms with E-state index in [9.17, 15) is 13.5 Å². The fourth-order valence-corrected chi connectivity index (χ4v) is 5.91. The molecule has 1 saturated heterocycles. The normalized spacial score (nSPS) is 19.8. The van der Waals surface area contributed by atoms with Gasteiger partial charge >= 0.3 is 0 Å². The van der Waals surface area contributed by atoms with Crippen molar-refractivity contribution in [2.45, 2.75) is 30.9 Å². The minimum atomic E-state index is -3.53. The average molecular weight is 380 g/mol. The number of hydrogen-bond donors (Lipinski definition) is 1. The van der Waals surface area contributed by atoms with Crippen LogP contribution in [0.15, 0.2) is 21.5 Å². The molecule has 0 aromatic heterocycles. The van der Waals surface area contributed by atoms with E-state index in [4.69, 9.17) is 0 Å². The number of aliphatic hydroxyl groups excluding tert-OH is 1. The number of benzene rings is 1. The van der Waals surface area contributed by atoms with Gasteiger partial charge in [0, 0.05) is 23.3 Å². The number of aliphatic hydroxyl groups is 1. The van der Waals surface area contributed by atoms with Gasteiger partial charge in [0.1, 0.15) is 0 Å². The zero-order chi connectivity index (χ0) is 14.9. The SMILES string of the molecule is Cc1c(Br)cc(CO)cc1S(=O)(=O)N(C)C1CCSC1. The first kappa shape index (κ1) is 16.3. The highest BCUT2D eigenvalue weighted by atomic mass is 79.9. The van der Waals surface area contributed by atoms with Crippen LogP contribution in [0.4, 0.5) is 0 Å². The molecule has 1 fully saturated rings. The maximum absolute atomic E-state index is 12.8. The minimum absolute atomic E-state index is 0.0564. The molecule has 112 valence electrons. The molecule has 4 nitrogen and oxygen atoms in total. The van der Waals surface area contributed by atoms with Gasteiger partial charge in [-0.05, 0) is 42.4 Å². The number of halogens is 1. The van der Waals surface area contributed by atoms with Crippen LogP contribution in [0.5, 0.6) is 0 Å². The highest BCUT2D eigenvalue weighted by Crippen LogP contribution is 2.31. The molecular weight excluding hydrogens is 362 g/mol. The molecule has 1 aliphatic heterocycles. The van der Waals surface area contributed by atoms with Crippen LogP contribution in [-0.2, 0) is 16.6 Å². The maximum atomic E-state index is 12.8. The second-order valence-corrected chi connectivity index (χ2v) is 8.87. The molecular formula is C13H18BrNO3S2. The Hall–Kier alpha value is -0.0800. The molecule has 1 aromatic carbocycles. The first-order chi connectivity index (χ1) is 9.37. The standard InChI is InChI=1S/C13H18BrNO3S2/c1-9-12(14)5-10(7-16)6-13(9)20(17,18)15(2)11-3-4-19-8-11/h5-6,11,16H,3-4,7-8H2,1-2H3. The highest BCUT2D eigenvalue weighted by molar-refractivity contribution is 9.10. The second-order valence-electron chi connectivity index (χ2n) is 4.90. The van der Waals surface area contributed by atoms with Gasteiger partial charge in [-0.3, -0.25) is 0 Å². The van der Waals surface area contributed by atoms with Crippen LogP contribution in [0, 0.1) is 6.92 Å². The third kappa shape index (κ3) is 3.06. The van der Waals surface area contributed by atoms with Crippen molar-refractivity contribution in [3.8, 4) is 0 Å². The molecule has 1 unspecified atom stereocenters. The predicted molar refractivity (Wildman–Crippen MR) is 85.5 cm³/mol. The van der Waals surface area contributed by atoms with E-state index >= 15 is 0 Å². The molecule has 2 rings (SSSR count). The predicted octanol–water partition coefficient (Wildman–Crippen LogP) is 2.38. The molecule has 1 aliphatic rings. The summed E-state index contributed by atoms with van der Waals surface area (Å²) in [6.07, 6.45) is 0.889. The molecule has 0 spiro atoms. The Morgan fingerprint density at radius 1 is 1.50 bits per heavy atom. The van der Waals surface area contributed by atoms with Crippen molar-refractivity contribution in [3.63, 3.8) is 0 Å². The fourth-order valence-electron chi connectivity index (χ4n) is 2.23. The Bertz CT molecular complexity index is 598. The van der Waals surface area contributed by atoms with Gasteiger partial charge in [-0.15, -0.1) is 0 Å². The molecule has 1 atom stereocenters. The molecule has 1 aromatic rings. The van der Waals surface area contributed by atoms with Crippen molar-refractivity contribution < 1.29 is 13.5 Å². The summed E-state index contributed by atoms with van der Waals surface area (Å²) in [6.45, 7) is 1.60. The van der Waals surface area contributed by atoms with Crippen molar-refractivity contribution in [2.24, 2.45) is 0 Å². The van der Waals surface area contributed by atoms with Gasteiger partial charge in [-0.2, -0.15) is 16.1 Å². The van der Waals surface area contributed by atoms with Gasteiger partial charge in [0.25, 0.3) is 0 Å². The lowest BCUT2D eigenvalue weighted by Gasteiger charge is -2.24. The van der Waals surface area contributed by atoms with Gasteiger partial charge < -0.3 is 5.11 Å². The van der Waals surface area contributed by atoms with E-state index in [1.807, 2.05) is 0 Å². The average Bonchev–Trinajstić information content (AvgIpc) is 2.94. The van der Waals surface area contributed by atoms with E-state index in [2.05, 4.69) is 15.9 Å². The zero-order valence-corrected chi connectivity index (χ0v) is 14.7. The van der Waals surface area contributed by atoms with Gasteiger partial charge in [0.2, 0.25) is 10.0 Å². The van der Waals surface area contributed by atoms with Crippen molar-refractivity contribution in [2.75, 3.05) is 18.6 Å². The van der Waals surface area contributed by atoms with Crippen molar-refractivity contribution in [1.82, 2.24) is 4.31 Å². The first-order valence-electron chi connectivity index (χ1n) is 6.33. The third-order valence-corrected chi connectivity index (χ3v) is 7.62. The molecule has 0 aliphatic carbocycles. The largest absolute Gasteiger partial charge is 0.392 e. The Morgan fingerprint density at radius 3 is 2.75 bits per heavy atom. The molecule has 1 heterocycles. The number of hydrogen-bond acceptors (Lipinski definition) is 4. The molecule has 0 radical (unpaired) electrons. The van der Waals surface area contributed by atoms with Crippen LogP contribution < -0.4 is 0 Å². The lowest BCUT2D eigenvalue weighted by atomic mass is 10.2. The minimum Gasteiger partial charge on any atom is -0.392 e. The molecule has 0 amide bonds. The summed E-state index contributed by atoms with van der Waals surface area (Å²) in [5, 5.41) is 9.26. The van der Waals surface area contributed by atoms with E-state index < -0.39 is 10.0 Å². The Morgan fingerprint density at radius 2 is 2.20 bits per heavy atom. The number of sulfonamides is 1. The monoisotopic (exact) mass is 379 g/mol. The summed E-state index contributed by atoms with van der Waals surface area (Å²) in [4.78, 5) is 0.273. The quantitative estimate of drug-likeness (QED) is 0.872. The summed E-state index contributed by atoms with van der Waals surface area (Å²) >= 11 is 5.15. The van der Waals surface area contributed by atoms with Gasteiger partial charge in [0.15, 0.2) is 0 Å². The summed E-state index contributed by atoms with van der Waals surface area (Å²) < 4.78 is 27.7. The van der Waals surface area contributed by atoms with Gasteiger partial charge in [-0.25, -0.2) is 8.42 Å². The number of thioether (sulfide) groups is 1. The molecule has 0 saturated carbocycles. The Balaban J connectivity index is 2.45. The highest BCUT2D eigenvalue weighted by Gasteiger charge is 2.31. The van der Waals surface area contributed by atoms with Crippen LogP contribution in [0.1, 0.15) is 17.5 Å². The van der Waals surface area contributed by atoms with Crippen LogP contribution in [0.2, 0.25) is 0 Å². The van der Waals surface area contributed by atoms with Crippen molar-refractivity contribution in [1.29, 1.82) is 0 Å².